The second kappa shape index (κ2) is 12.9. The number of phenols is 1. The van der Waals surface area contributed by atoms with Crippen LogP contribution >= 0.6 is 11.6 Å². The lowest BCUT2D eigenvalue weighted by Gasteiger charge is -2.15. The molecule has 1 saturated carbocycles. The number of hydrogen-bond acceptors (Lipinski definition) is 5. The Morgan fingerprint density at radius 2 is 2.09 bits per heavy atom. The fourth-order valence-electron chi connectivity index (χ4n) is 4.59. The van der Waals surface area contributed by atoms with Gasteiger partial charge in [-0.3, -0.25) is 5.41 Å². The third kappa shape index (κ3) is 7.81. The quantitative estimate of drug-likeness (QED) is 0.259. The Morgan fingerprint density at radius 1 is 1.26 bits per heavy atom. The Labute approximate surface area is 208 Å². The minimum Gasteiger partial charge on any atom is -0.508 e. The monoisotopic (exact) mass is 484 g/mol. The van der Waals surface area contributed by atoms with Gasteiger partial charge in [0.1, 0.15) is 11.9 Å². The summed E-state index contributed by atoms with van der Waals surface area (Å²) in [4.78, 5) is 9.06. The number of quaternary nitrogens is 1. The summed E-state index contributed by atoms with van der Waals surface area (Å²) in [5.74, 6) is 1.91. The number of rotatable bonds is 10. The van der Waals surface area contributed by atoms with Gasteiger partial charge in [-0.05, 0) is 61.8 Å². The van der Waals surface area contributed by atoms with E-state index < -0.39 is 0 Å². The van der Waals surface area contributed by atoms with Crippen molar-refractivity contribution in [2.75, 3.05) is 11.9 Å². The largest absolute Gasteiger partial charge is 0.508 e. The highest BCUT2D eigenvalue weighted by Crippen LogP contribution is 2.27. The van der Waals surface area contributed by atoms with E-state index >= 15 is 0 Å². The number of nitrogens with one attached hydrogen (secondary N) is 2. The van der Waals surface area contributed by atoms with Gasteiger partial charge < -0.3 is 15.7 Å². The highest BCUT2D eigenvalue weighted by molar-refractivity contribution is 6.33. The third-order valence-electron chi connectivity index (χ3n) is 6.41. The van der Waals surface area contributed by atoms with Crippen LogP contribution in [0, 0.1) is 17.2 Å². The second-order valence-electron chi connectivity index (χ2n) is 9.81. The Kier molecular flexibility index (Phi) is 9.90. The summed E-state index contributed by atoms with van der Waals surface area (Å²) >= 11 is 6.18. The SMILES string of the molecule is CCCC1CCCC([NH2+]/C=C(\C(=N)c2cc(O)cc(Cl)c2)c2ccnc(NCC(C)C)n2)CC1. The topological polar surface area (TPSA) is 98.5 Å². The maximum atomic E-state index is 10.1. The molecule has 2 atom stereocenters. The highest BCUT2D eigenvalue weighted by atomic mass is 35.5. The lowest BCUT2D eigenvalue weighted by molar-refractivity contribution is -0.627. The van der Waals surface area contributed by atoms with E-state index in [2.05, 4.69) is 36.4 Å². The summed E-state index contributed by atoms with van der Waals surface area (Å²) in [6, 6.07) is 7.09. The number of halogens is 1. The predicted octanol–water partition coefficient (Wildman–Crippen LogP) is 5.62. The van der Waals surface area contributed by atoms with Crippen LogP contribution in [0.25, 0.3) is 5.57 Å². The minimum atomic E-state index is 0.0447. The van der Waals surface area contributed by atoms with Crippen LogP contribution in [0.3, 0.4) is 0 Å². The Bertz CT molecular complexity index is 970. The average molecular weight is 485 g/mol. The van der Waals surface area contributed by atoms with E-state index in [0.29, 0.717) is 39.8 Å². The first-order valence-electron chi connectivity index (χ1n) is 12.6. The second-order valence-corrected chi connectivity index (χ2v) is 10.2. The molecule has 34 heavy (non-hydrogen) atoms. The van der Waals surface area contributed by atoms with Crippen LogP contribution in [0.5, 0.6) is 5.75 Å². The molecule has 3 rings (SSSR count). The van der Waals surface area contributed by atoms with Gasteiger partial charge in [0.15, 0.2) is 0 Å². The number of aromatic nitrogens is 2. The summed E-state index contributed by atoms with van der Waals surface area (Å²) in [5.41, 5.74) is 2.22. The maximum Gasteiger partial charge on any atom is 0.223 e. The van der Waals surface area contributed by atoms with Crippen molar-refractivity contribution in [1.82, 2.24) is 9.97 Å². The molecule has 1 aliphatic rings. The number of phenolic OH excluding ortho intramolecular Hbond substituents is 1. The van der Waals surface area contributed by atoms with Gasteiger partial charge >= 0.3 is 0 Å². The molecule has 0 amide bonds. The van der Waals surface area contributed by atoms with Gasteiger partial charge in [-0.15, -0.1) is 0 Å². The molecule has 0 bridgehead atoms. The first-order chi connectivity index (χ1) is 16.4. The molecular weight excluding hydrogens is 446 g/mol. The molecule has 1 fully saturated rings. The number of aromatic hydroxyl groups is 1. The van der Waals surface area contributed by atoms with Crippen LogP contribution in [-0.4, -0.2) is 33.4 Å². The van der Waals surface area contributed by atoms with Crippen LogP contribution in [0.15, 0.2) is 36.7 Å². The Morgan fingerprint density at radius 3 is 2.82 bits per heavy atom. The number of benzene rings is 1. The van der Waals surface area contributed by atoms with E-state index in [4.69, 9.17) is 22.0 Å². The number of allylic oxidation sites excluding steroid dienone is 1. The van der Waals surface area contributed by atoms with E-state index in [1.165, 1.54) is 51.0 Å². The first kappa shape index (κ1) is 26.2. The summed E-state index contributed by atoms with van der Waals surface area (Å²) in [6.07, 6.45) is 12.6. The zero-order valence-electron chi connectivity index (χ0n) is 20.6. The zero-order valence-corrected chi connectivity index (χ0v) is 21.4. The highest BCUT2D eigenvalue weighted by Gasteiger charge is 2.22. The van der Waals surface area contributed by atoms with Crippen LogP contribution in [0.2, 0.25) is 5.02 Å². The summed E-state index contributed by atoms with van der Waals surface area (Å²) < 4.78 is 0. The molecule has 0 radical (unpaired) electrons. The molecule has 0 saturated heterocycles. The molecule has 184 valence electrons. The van der Waals surface area contributed by atoms with Crippen LogP contribution in [0.4, 0.5) is 5.95 Å². The van der Waals surface area contributed by atoms with E-state index in [9.17, 15) is 5.11 Å². The van der Waals surface area contributed by atoms with Gasteiger partial charge in [-0.1, -0.05) is 51.6 Å². The molecule has 6 nitrogen and oxygen atoms in total. The molecule has 1 aliphatic carbocycles. The van der Waals surface area contributed by atoms with Crippen molar-refractivity contribution in [2.45, 2.75) is 71.8 Å². The van der Waals surface area contributed by atoms with Crippen molar-refractivity contribution in [3.8, 4) is 5.75 Å². The first-order valence-corrected chi connectivity index (χ1v) is 12.9. The molecule has 0 aliphatic heterocycles. The van der Waals surface area contributed by atoms with Gasteiger partial charge in [-0.2, -0.15) is 0 Å². The minimum absolute atomic E-state index is 0.0447. The van der Waals surface area contributed by atoms with Crippen molar-refractivity contribution in [3.05, 3.63) is 52.9 Å². The van der Waals surface area contributed by atoms with Gasteiger partial charge in [0.25, 0.3) is 0 Å². The van der Waals surface area contributed by atoms with Crippen molar-refractivity contribution >= 4 is 28.8 Å². The van der Waals surface area contributed by atoms with Gasteiger partial charge in [-0.25, -0.2) is 9.97 Å². The molecular formula is C27H39ClN5O+. The molecule has 1 heterocycles. The van der Waals surface area contributed by atoms with Gasteiger partial charge in [0.2, 0.25) is 5.95 Å². The summed E-state index contributed by atoms with van der Waals surface area (Å²) in [5, 5.41) is 24.9. The fourth-order valence-corrected chi connectivity index (χ4v) is 4.82. The van der Waals surface area contributed by atoms with Crippen LogP contribution in [-0.2, 0) is 0 Å². The standard InChI is InChI=1S/C27H38ClN5O/c1-4-6-19-7-5-8-22(10-9-19)31-17-24(26(29)20-13-21(28)15-23(34)14-20)25-11-12-30-27(33-25)32-16-18(2)3/h11-15,17-19,22,29,31,34H,4-10,16H2,1-3H3,(H,30,32,33)/p+1/b24-17-,29-26?. The molecule has 0 spiro atoms. The van der Waals surface area contributed by atoms with Crippen molar-refractivity contribution in [3.63, 3.8) is 0 Å². The van der Waals surface area contributed by atoms with Crippen molar-refractivity contribution in [2.24, 2.45) is 11.8 Å². The molecule has 2 unspecified atom stereocenters. The van der Waals surface area contributed by atoms with E-state index in [1.54, 1.807) is 18.3 Å². The molecule has 2 aromatic rings. The Hall–Kier alpha value is -2.44. The Balaban J connectivity index is 1.87. The zero-order chi connectivity index (χ0) is 24.5. The number of nitrogens with two attached hydrogens (primary N) is 1. The molecule has 1 aromatic heterocycles. The summed E-state index contributed by atoms with van der Waals surface area (Å²) in [7, 11) is 0. The van der Waals surface area contributed by atoms with Gasteiger partial charge in [0, 0.05) is 23.3 Å². The van der Waals surface area contributed by atoms with E-state index in [0.717, 1.165) is 12.5 Å². The smallest absolute Gasteiger partial charge is 0.223 e. The van der Waals surface area contributed by atoms with E-state index in [-0.39, 0.29) is 11.5 Å². The number of anilines is 1. The maximum absolute atomic E-state index is 10.1. The molecule has 5 N–H and O–H groups in total. The van der Waals surface area contributed by atoms with Crippen molar-refractivity contribution < 1.29 is 10.4 Å². The lowest BCUT2D eigenvalue weighted by atomic mass is 9.95. The third-order valence-corrected chi connectivity index (χ3v) is 6.62. The van der Waals surface area contributed by atoms with Crippen molar-refractivity contribution in [1.29, 1.82) is 5.41 Å². The summed E-state index contributed by atoms with van der Waals surface area (Å²) in [6.45, 7) is 7.32. The molecule has 7 heteroatoms. The lowest BCUT2D eigenvalue weighted by Crippen LogP contribution is -2.84. The predicted molar refractivity (Wildman–Crippen MR) is 140 cm³/mol. The van der Waals surface area contributed by atoms with Crippen LogP contribution in [0.1, 0.15) is 77.0 Å². The average Bonchev–Trinajstić information content (AvgIpc) is 3.03. The van der Waals surface area contributed by atoms with Crippen LogP contribution < -0.4 is 10.6 Å². The number of nitrogens with zero attached hydrogens (tertiary/aromatic N) is 2. The normalized spacial score (nSPS) is 19.1. The van der Waals surface area contributed by atoms with Gasteiger partial charge in [0.05, 0.1) is 23.0 Å². The molecule has 1 aromatic carbocycles. The number of hydrogen-bond donors (Lipinski definition) is 4. The fraction of sp³-hybridized carbons (Fsp3) is 0.519. The van der Waals surface area contributed by atoms with E-state index in [1.807, 2.05) is 12.3 Å².